The molecule has 1 rings (SSSR count). The van der Waals surface area contributed by atoms with Gasteiger partial charge in [-0.05, 0) is 30.6 Å². The van der Waals surface area contributed by atoms with Gasteiger partial charge in [0.05, 0.1) is 0 Å². The summed E-state index contributed by atoms with van der Waals surface area (Å²) in [4.78, 5) is 0. The van der Waals surface area contributed by atoms with Crippen LogP contribution in [0.4, 0.5) is 0 Å². The molecular weight excluding hydrogens is 156 g/mol. The van der Waals surface area contributed by atoms with Crippen LogP contribution in [0.5, 0.6) is 0 Å². The molecular formula is C13H22. The molecule has 0 saturated carbocycles. The minimum Gasteiger partial charge on any atom is -0.0773 e. The summed E-state index contributed by atoms with van der Waals surface area (Å²) >= 11 is 0. The molecule has 0 amide bonds. The standard InChI is InChI=1S/C13H22/c1-10(2)8-12-6-5-7-13(12)9-11(3)4/h5-7,10-12H,8-9H2,1-4H3. The number of rotatable bonds is 4. The highest BCUT2D eigenvalue weighted by Crippen LogP contribution is 2.30. The molecule has 1 aliphatic carbocycles. The van der Waals surface area contributed by atoms with Crippen molar-refractivity contribution in [3.8, 4) is 0 Å². The molecule has 13 heavy (non-hydrogen) atoms. The fraction of sp³-hybridized carbons (Fsp3) is 0.692. The lowest BCUT2D eigenvalue weighted by Gasteiger charge is -2.17. The van der Waals surface area contributed by atoms with Crippen molar-refractivity contribution in [3.63, 3.8) is 0 Å². The van der Waals surface area contributed by atoms with Crippen molar-refractivity contribution in [2.75, 3.05) is 0 Å². The maximum absolute atomic E-state index is 2.36. The lowest BCUT2D eigenvalue weighted by molar-refractivity contribution is 0.494. The molecule has 1 aliphatic rings. The Kier molecular flexibility index (Phi) is 3.77. The van der Waals surface area contributed by atoms with Gasteiger partial charge in [-0.2, -0.15) is 0 Å². The quantitative estimate of drug-likeness (QED) is 0.605. The maximum Gasteiger partial charge on any atom is -0.00145 e. The van der Waals surface area contributed by atoms with Gasteiger partial charge in [-0.15, -0.1) is 0 Å². The SMILES string of the molecule is CC(C)CC1=CC=CC1CC(C)C. The van der Waals surface area contributed by atoms with Gasteiger partial charge in [-0.25, -0.2) is 0 Å². The summed E-state index contributed by atoms with van der Waals surface area (Å²) in [5.41, 5.74) is 1.64. The molecule has 0 nitrogen and oxygen atoms in total. The molecule has 0 aliphatic heterocycles. The van der Waals surface area contributed by atoms with Gasteiger partial charge in [0.25, 0.3) is 0 Å². The fourth-order valence-corrected chi connectivity index (χ4v) is 1.99. The second-order valence-electron chi connectivity index (χ2n) is 4.96. The van der Waals surface area contributed by atoms with Crippen molar-refractivity contribution in [2.24, 2.45) is 17.8 Å². The molecule has 1 atom stereocenters. The number of hydrogen-bond donors (Lipinski definition) is 0. The van der Waals surface area contributed by atoms with E-state index in [1.807, 2.05) is 0 Å². The van der Waals surface area contributed by atoms with Crippen LogP contribution in [0.1, 0.15) is 40.5 Å². The Bertz CT molecular complexity index is 206. The minimum absolute atomic E-state index is 0.738. The summed E-state index contributed by atoms with van der Waals surface area (Å²) in [5.74, 6) is 2.34. The highest BCUT2D eigenvalue weighted by atomic mass is 14.2. The molecule has 0 radical (unpaired) electrons. The third-order valence-corrected chi connectivity index (χ3v) is 2.50. The predicted molar refractivity (Wildman–Crippen MR) is 59.6 cm³/mol. The molecule has 0 aromatic rings. The van der Waals surface area contributed by atoms with Gasteiger partial charge >= 0.3 is 0 Å². The van der Waals surface area contributed by atoms with Crippen LogP contribution in [-0.2, 0) is 0 Å². The van der Waals surface area contributed by atoms with E-state index in [2.05, 4.69) is 45.9 Å². The zero-order valence-corrected chi connectivity index (χ0v) is 9.38. The summed E-state index contributed by atoms with van der Waals surface area (Å²) in [5, 5.41) is 0. The molecule has 0 spiro atoms. The Morgan fingerprint density at radius 1 is 1.15 bits per heavy atom. The Labute approximate surface area is 82.7 Å². The normalized spacial score (nSPS) is 21.7. The van der Waals surface area contributed by atoms with Gasteiger partial charge in [-0.1, -0.05) is 51.5 Å². The lowest BCUT2D eigenvalue weighted by Crippen LogP contribution is -2.05. The van der Waals surface area contributed by atoms with Crippen LogP contribution in [0.25, 0.3) is 0 Å². The van der Waals surface area contributed by atoms with Crippen LogP contribution >= 0.6 is 0 Å². The number of allylic oxidation sites excluding steroid dienone is 4. The third-order valence-electron chi connectivity index (χ3n) is 2.50. The average molecular weight is 178 g/mol. The molecule has 0 N–H and O–H groups in total. The van der Waals surface area contributed by atoms with Crippen LogP contribution < -0.4 is 0 Å². The van der Waals surface area contributed by atoms with E-state index in [1.165, 1.54) is 12.8 Å². The van der Waals surface area contributed by atoms with Crippen molar-refractivity contribution < 1.29 is 0 Å². The fourth-order valence-electron chi connectivity index (χ4n) is 1.99. The van der Waals surface area contributed by atoms with Crippen molar-refractivity contribution >= 4 is 0 Å². The largest absolute Gasteiger partial charge is 0.0773 e. The predicted octanol–water partition coefficient (Wildman–Crippen LogP) is 4.19. The van der Waals surface area contributed by atoms with E-state index in [9.17, 15) is 0 Å². The van der Waals surface area contributed by atoms with Gasteiger partial charge in [0.1, 0.15) is 0 Å². The van der Waals surface area contributed by atoms with E-state index in [-0.39, 0.29) is 0 Å². The smallest absolute Gasteiger partial charge is 0.00145 e. The lowest BCUT2D eigenvalue weighted by atomic mass is 9.88. The summed E-state index contributed by atoms with van der Waals surface area (Å²) in [6.45, 7) is 9.20. The molecule has 0 heterocycles. The van der Waals surface area contributed by atoms with E-state index in [1.54, 1.807) is 5.57 Å². The second-order valence-corrected chi connectivity index (χ2v) is 4.96. The van der Waals surface area contributed by atoms with E-state index < -0.39 is 0 Å². The van der Waals surface area contributed by atoms with Gasteiger partial charge in [0.15, 0.2) is 0 Å². The molecule has 0 fully saturated rings. The Balaban J connectivity index is 2.47. The number of hydrogen-bond acceptors (Lipinski definition) is 0. The zero-order valence-electron chi connectivity index (χ0n) is 9.38. The first-order valence-corrected chi connectivity index (χ1v) is 5.47. The highest BCUT2D eigenvalue weighted by Gasteiger charge is 2.16. The van der Waals surface area contributed by atoms with Crippen molar-refractivity contribution in [3.05, 3.63) is 23.8 Å². The van der Waals surface area contributed by atoms with Crippen LogP contribution in [0, 0.1) is 17.8 Å². The summed E-state index contributed by atoms with van der Waals surface area (Å²) in [6, 6.07) is 0. The first-order valence-electron chi connectivity index (χ1n) is 5.47. The topological polar surface area (TPSA) is 0 Å². The Morgan fingerprint density at radius 2 is 1.85 bits per heavy atom. The zero-order chi connectivity index (χ0) is 9.84. The Hall–Kier alpha value is -0.520. The van der Waals surface area contributed by atoms with E-state index >= 15 is 0 Å². The minimum atomic E-state index is 0.738. The molecule has 74 valence electrons. The molecule has 0 aromatic heterocycles. The Morgan fingerprint density at radius 3 is 2.38 bits per heavy atom. The molecule has 0 heteroatoms. The monoisotopic (exact) mass is 178 g/mol. The summed E-state index contributed by atoms with van der Waals surface area (Å²) in [6.07, 6.45) is 9.48. The van der Waals surface area contributed by atoms with Crippen LogP contribution in [0.3, 0.4) is 0 Å². The molecule has 0 saturated heterocycles. The van der Waals surface area contributed by atoms with Crippen LogP contribution in [0.2, 0.25) is 0 Å². The van der Waals surface area contributed by atoms with Gasteiger partial charge < -0.3 is 0 Å². The first kappa shape index (κ1) is 10.6. The van der Waals surface area contributed by atoms with E-state index in [4.69, 9.17) is 0 Å². The van der Waals surface area contributed by atoms with Crippen molar-refractivity contribution in [2.45, 2.75) is 40.5 Å². The average Bonchev–Trinajstić information content (AvgIpc) is 2.34. The van der Waals surface area contributed by atoms with Crippen LogP contribution in [0.15, 0.2) is 23.8 Å². The summed E-state index contributed by atoms with van der Waals surface area (Å²) in [7, 11) is 0. The highest BCUT2D eigenvalue weighted by molar-refractivity contribution is 5.27. The van der Waals surface area contributed by atoms with Crippen LogP contribution in [-0.4, -0.2) is 0 Å². The third kappa shape index (κ3) is 3.38. The second kappa shape index (κ2) is 4.64. The van der Waals surface area contributed by atoms with Gasteiger partial charge in [0, 0.05) is 0 Å². The molecule has 0 aromatic carbocycles. The van der Waals surface area contributed by atoms with E-state index in [0.29, 0.717) is 0 Å². The van der Waals surface area contributed by atoms with Crippen molar-refractivity contribution in [1.29, 1.82) is 0 Å². The van der Waals surface area contributed by atoms with Crippen molar-refractivity contribution in [1.82, 2.24) is 0 Å². The first-order chi connectivity index (χ1) is 6.09. The van der Waals surface area contributed by atoms with Gasteiger partial charge in [0.2, 0.25) is 0 Å². The summed E-state index contributed by atoms with van der Waals surface area (Å²) < 4.78 is 0. The van der Waals surface area contributed by atoms with E-state index in [0.717, 1.165) is 17.8 Å². The molecule has 0 bridgehead atoms. The van der Waals surface area contributed by atoms with Gasteiger partial charge in [-0.3, -0.25) is 0 Å². The molecule has 1 unspecified atom stereocenters. The maximum atomic E-state index is 2.36.